The van der Waals surface area contributed by atoms with E-state index in [2.05, 4.69) is 43.2 Å². The van der Waals surface area contributed by atoms with E-state index >= 15 is 0 Å². The summed E-state index contributed by atoms with van der Waals surface area (Å²) in [4.78, 5) is 20.1. The minimum atomic E-state index is -0.312. The van der Waals surface area contributed by atoms with Gasteiger partial charge in [-0.25, -0.2) is 4.98 Å². The normalized spacial score (nSPS) is 15.4. The number of nitrogens with zero attached hydrogens (tertiary/aromatic N) is 2. The number of hydrogen-bond acceptors (Lipinski definition) is 5. The van der Waals surface area contributed by atoms with E-state index in [-0.39, 0.29) is 11.0 Å². The lowest BCUT2D eigenvalue weighted by Crippen LogP contribution is -2.34. The Morgan fingerprint density at radius 1 is 1.37 bits per heavy atom. The molecule has 0 saturated carbocycles. The predicted octanol–water partition coefficient (Wildman–Crippen LogP) is 5.79. The molecule has 30 heavy (non-hydrogen) atoms. The molecule has 1 aromatic carbocycles. The molecule has 0 spiro atoms. The zero-order valence-corrected chi connectivity index (χ0v) is 19.9. The molecule has 4 rings (SSSR count). The van der Waals surface area contributed by atoms with Crippen molar-refractivity contribution in [2.24, 2.45) is 0 Å². The van der Waals surface area contributed by atoms with Crippen LogP contribution in [0.2, 0.25) is 0 Å². The highest BCUT2D eigenvalue weighted by Gasteiger charge is 2.30. The molecule has 1 aliphatic rings. The van der Waals surface area contributed by atoms with Crippen molar-refractivity contribution in [3.05, 3.63) is 67.7 Å². The molecule has 3 aromatic rings. The molecule has 0 saturated heterocycles. The maximum Gasteiger partial charge on any atom is 0.211 e. The van der Waals surface area contributed by atoms with Gasteiger partial charge in [0.05, 0.1) is 12.2 Å². The summed E-state index contributed by atoms with van der Waals surface area (Å²) in [6.45, 7) is 15.6. The Labute approximate surface area is 186 Å². The average molecular weight is 441 g/mol. The van der Waals surface area contributed by atoms with Crippen molar-refractivity contribution >= 4 is 33.4 Å². The van der Waals surface area contributed by atoms with Crippen LogP contribution in [0, 0.1) is 13.8 Å². The third kappa shape index (κ3) is 4.13. The predicted molar refractivity (Wildman–Crippen MR) is 127 cm³/mol. The Kier molecular flexibility index (Phi) is 5.68. The van der Waals surface area contributed by atoms with Gasteiger partial charge in [-0.05, 0) is 45.7 Å². The fourth-order valence-corrected chi connectivity index (χ4v) is 6.09. The second kappa shape index (κ2) is 7.98. The van der Waals surface area contributed by atoms with E-state index in [9.17, 15) is 4.79 Å². The first-order chi connectivity index (χ1) is 14.1. The molecule has 158 valence electrons. The lowest BCUT2D eigenvalue weighted by Gasteiger charge is -2.30. The fraction of sp³-hybridized carbons (Fsp3) is 0.417. The molecule has 2 aromatic heterocycles. The summed E-state index contributed by atoms with van der Waals surface area (Å²) in [6, 6.07) is 6.54. The molecule has 0 aliphatic carbocycles. The third-order valence-electron chi connectivity index (χ3n) is 5.41. The second-order valence-electron chi connectivity index (χ2n) is 8.87. The topological polar surface area (TPSA) is 44.1 Å². The highest BCUT2D eigenvalue weighted by Crippen LogP contribution is 2.35. The fourth-order valence-electron chi connectivity index (χ4n) is 3.82. The van der Waals surface area contributed by atoms with Crippen LogP contribution < -0.4 is 5.43 Å². The molecule has 3 heterocycles. The molecule has 0 radical (unpaired) electrons. The smallest absolute Gasteiger partial charge is 0.211 e. The Morgan fingerprint density at radius 2 is 2.13 bits per heavy atom. The van der Waals surface area contributed by atoms with E-state index in [1.54, 1.807) is 23.1 Å². The molecule has 4 nitrogen and oxygen atoms in total. The molecule has 6 heteroatoms. The molecule has 0 fully saturated rings. The van der Waals surface area contributed by atoms with Gasteiger partial charge in [-0.15, -0.1) is 11.3 Å². The number of rotatable bonds is 5. The van der Waals surface area contributed by atoms with E-state index in [4.69, 9.17) is 9.72 Å². The van der Waals surface area contributed by atoms with Crippen molar-refractivity contribution in [2.75, 3.05) is 0 Å². The van der Waals surface area contributed by atoms with E-state index in [1.165, 1.54) is 16.7 Å². The molecule has 0 N–H and O–H groups in total. The van der Waals surface area contributed by atoms with Gasteiger partial charge in [-0.2, -0.15) is 0 Å². The number of hydrogen-bond donors (Lipinski definition) is 0. The molecular weight excluding hydrogens is 412 g/mol. The van der Waals surface area contributed by atoms with Crippen LogP contribution in [0.4, 0.5) is 0 Å². The van der Waals surface area contributed by atoms with Gasteiger partial charge in [0.25, 0.3) is 0 Å². The highest BCUT2D eigenvalue weighted by atomic mass is 32.2. The Balaban J connectivity index is 1.78. The quantitative estimate of drug-likeness (QED) is 0.372. The van der Waals surface area contributed by atoms with Crippen LogP contribution in [0.5, 0.6) is 0 Å². The van der Waals surface area contributed by atoms with Crippen LogP contribution in [-0.2, 0) is 30.1 Å². The van der Waals surface area contributed by atoms with Gasteiger partial charge < -0.3 is 9.30 Å². The molecule has 0 amide bonds. The minimum Gasteiger partial charge on any atom is -0.370 e. The standard InChI is InChI=1S/C24H28N2O2S2/c1-14(2)11-26-22-20(21(27)18-10-24(5,6)28-12-19(18)30-22)25-23(26)29-13-17-8-7-15(3)9-16(17)4/h7-9H,1,10-13H2,2-6H3. The maximum atomic E-state index is 13.3. The summed E-state index contributed by atoms with van der Waals surface area (Å²) in [7, 11) is 0. The number of imidazole rings is 1. The van der Waals surface area contributed by atoms with Crippen LogP contribution in [0.3, 0.4) is 0 Å². The van der Waals surface area contributed by atoms with Crippen molar-refractivity contribution < 1.29 is 4.74 Å². The molecule has 0 bridgehead atoms. The Morgan fingerprint density at radius 3 is 2.83 bits per heavy atom. The Hall–Kier alpha value is -1.89. The number of allylic oxidation sites excluding steroid dienone is 1. The van der Waals surface area contributed by atoms with Crippen LogP contribution >= 0.6 is 23.1 Å². The first kappa shape index (κ1) is 21.3. The lowest BCUT2D eigenvalue weighted by atomic mass is 9.96. The van der Waals surface area contributed by atoms with Crippen LogP contribution in [0.15, 0.2) is 40.3 Å². The SMILES string of the molecule is C=C(C)Cn1c(SCc2ccc(C)cc2C)nc2c(=O)c3c(sc21)COC(C)(C)C3. The van der Waals surface area contributed by atoms with Crippen LogP contribution in [-0.4, -0.2) is 15.2 Å². The minimum absolute atomic E-state index is 0.0592. The van der Waals surface area contributed by atoms with Crippen LogP contribution in [0.25, 0.3) is 10.3 Å². The van der Waals surface area contributed by atoms with E-state index in [0.29, 0.717) is 25.1 Å². The maximum absolute atomic E-state index is 13.3. The van der Waals surface area contributed by atoms with Crippen molar-refractivity contribution in [1.82, 2.24) is 9.55 Å². The van der Waals surface area contributed by atoms with Gasteiger partial charge in [0.1, 0.15) is 10.3 Å². The number of aromatic nitrogens is 2. The summed E-state index contributed by atoms with van der Waals surface area (Å²) < 4.78 is 8.12. The zero-order chi connectivity index (χ0) is 21.6. The van der Waals surface area contributed by atoms with Gasteiger partial charge in [-0.3, -0.25) is 4.79 Å². The van der Waals surface area contributed by atoms with E-state index < -0.39 is 0 Å². The third-order valence-corrected chi connectivity index (χ3v) is 7.65. The first-order valence-corrected chi connectivity index (χ1v) is 12.0. The van der Waals surface area contributed by atoms with E-state index in [1.807, 2.05) is 20.8 Å². The zero-order valence-electron chi connectivity index (χ0n) is 18.3. The van der Waals surface area contributed by atoms with Gasteiger partial charge in [0.15, 0.2) is 5.16 Å². The number of aryl methyl sites for hydroxylation is 2. The average Bonchev–Trinajstić information content (AvgIpc) is 2.99. The largest absolute Gasteiger partial charge is 0.370 e. The van der Waals surface area contributed by atoms with Gasteiger partial charge >= 0.3 is 0 Å². The summed E-state index contributed by atoms with van der Waals surface area (Å²) >= 11 is 3.33. The molecule has 0 unspecified atom stereocenters. The molecule has 0 atom stereocenters. The summed E-state index contributed by atoms with van der Waals surface area (Å²) in [6.07, 6.45) is 0.631. The van der Waals surface area contributed by atoms with Crippen molar-refractivity contribution in [2.45, 2.75) is 70.7 Å². The number of thioether (sulfide) groups is 1. The Bertz CT molecular complexity index is 1200. The van der Waals surface area contributed by atoms with Crippen LogP contribution in [0.1, 0.15) is 47.9 Å². The van der Waals surface area contributed by atoms with Gasteiger partial charge in [-0.1, -0.05) is 47.7 Å². The number of ether oxygens (including phenoxy) is 1. The van der Waals surface area contributed by atoms with Crippen molar-refractivity contribution in [3.8, 4) is 0 Å². The monoisotopic (exact) mass is 440 g/mol. The lowest BCUT2D eigenvalue weighted by molar-refractivity contribution is -0.0386. The van der Waals surface area contributed by atoms with Crippen molar-refractivity contribution in [3.63, 3.8) is 0 Å². The summed E-state index contributed by atoms with van der Waals surface area (Å²) in [5.41, 5.74) is 6.08. The molecule has 1 aliphatic heterocycles. The number of fused-ring (bicyclic) bond motifs is 2. The highest BCUT2D eigenvalue weighted by molar-refractivity contribution is 7.98. The van der Waals surface area contributed by atoms with Gasteiger partial charge in [0, 0.05) is 29.2 Å². The number of benzene rings is 1. The summed E-state index contributed by atoms with van der Waals surface area (Å²) in [5.74, 6) is 0.820. The van der Waals surface area contributed by atoms with Gasteiger partial charge in [0.2, 0.25) is 5.43 Å². The molecular formula is C24H28N2O2S2. The van der Waals surface area contributed by atoms with E-state index in [0.717, 1.165) is 31.8 Å². The first-order valence-electron chi connectivity index (χ1n) is 10.2. The summed E-state index contributed by atoms with van der Waals surface area (Å²) in [5, 5.41) is 0.879. The second-order valence-corrected chi connectivity index (χ2v) is 10.9. The van der Waals surface area contributed by atoms with Crippen molar-refractivity contribution in [1.29, 1.82) is 0 Å².